The molecule has 0 saturated carbocycles. The van der Waals surface area contributed by atoms with Crippen molar-refractivity contribution in [1.82, 2.24) is 25.5 Å². The van der Waals surface area contributed by atoms with Crippen molar-refractivity contribution in [3.63, 3.8) is 0 Å². The number of aromatic amines is 1. The molecule has 0 radical (unpaired) electrons. The molecule has 0 aromatic carbocycles. The Balaban J connectivity index is 1.39. The number of nitrogens with one attached hydrogen (secondary N) is 2. The topological polar surface area (TPSA) is 83.6 Å². The number of thioether (sulfide) groups is 1. The van der Waals surface area contributed by atoms with Crippen molar-refractivity contribution in [1.29, 1.82) is 0 Å². The number of amides is 1. The second-order valence-corrected chi connectivity index (χ2v) is 7.00. The highest BCUT2D eigenvalue weighted by molar-refractivity contribution is 7.99. The highest BCUT2D eigenvalue weighted by Gasteiger charge is 2.14. The molecule has 112 valence electrons. The fourth-order valence-corrected chi connectivity index (χ4v) is 4.04. The van der Waals surface area contributed by atoms with Gasteiger partial charge in [0, 0.05) is 17.8 Å². The lowest BCUT2D eigenvalue weighted by Gasteiger charge is -2.06. The lowest BCUT2D eigenvalue weighted by atomic mass is 10.0. The maximum absolute atomic E-state index is 11.7. The summed E-state index contributed by atoms with van der Waals surface area (Å²) in [7, 11) is 0. The zero-order valence-electron chi connectivity index (χ0n) is 11.6. The molecule has 1 aliphatic carbocycles. The van der Waals surface area contributed by atoms with Crippen LogP contribution >= 0.6 is 23.1 Å². The Kier molecular flexibility index (Phi) is 4.87. The first-order valence-corrected chi connectivity index (χ1v) is 8.84. The van der Waals surface area contributed by atoms with E-state index in [1.807, 2.05) is 11.3 Å². The van der Waals surface area contributed by atoms with E-state index in [0.717, 1.165) is 17.8 Å². The van der Waals surface area contributed by atoms with E-state index in [-0.39, 0.29) is 5.91 Å². The van der Waals surface area contributed by atoms with Crippen LogP contribution in [0.5, 0.6) is 0 Å². The van der Waals surface area contributed by atoms with Crippen molar-refractivity contribution < 1.29 is 4.79 Å². The normalized spacial score (nSPS) is 13.9. The molecule has 0 fully saturated rings. The highest BCUT2D eigenvalue weighted by Crippen LogP contribution is 2.26. The molecule has 0 unspecified atom stereocenters. The number of aryl methyl sites for hydroxylation is 2. The van der Waals surface area contributed by atoms with Crippen LogP contribution in [-0.4, -0.2) is 38.4 Å². The third-order valence-electron chi connectivity index (χ3n) is 3.28. The summed E-state index contributed by atoms with van der Waals surface area (Å²) in [5, 5.41) is 11.2. The molecule has 1 aliphatic rings. The molecule has 0 saturated heterocycles. The summed E-state index contributed by atoms with van der Waals surface area (Å²) in [6, 6.07) is 0. The molecule has 2 N–H and O–H groups in total. The molecule has 2 aromatic heterocycles. The second kappa shape index (κ2) is 7.04. The molecule has 6 nitrogen and oxygen atoms in total. The van der Waals surface area contributed by atoms with Crippen molar-refractivity contribution in [3.8, 4) is 0 Å². The summed E-state index contributed by atoms with van der Waals surface area (Å²) in [4.78, 5) is 21.8. The van der Waals surface area contributed by atoms with Gasteiger partial charge in [-0.3, -0.25) is 9.89 Å². The maximum Gasteiger partial charge on any atom is 0.230 e. The average molecular weight is 323 g/mol. The van der Waals surface area contributed by atoms with Gasteiger partial charge in [0.05, 0.1) is 16.5 Å². The lowest BCUT2D eigenvalue weighted by molar-refractivity contribution is -0.118. The Morgan fingerprint density at radius 1 is 1.43 bits per heavy atom. The number of nitrogens with zero attached hydrogens (tertiary/aromatic N) is 3. The van der Waals surface area contributed by atoms with E-state index in [1.54, 1.807) is 0 Å². The van der Waals surface area contributed by atoms with Gasteiger partial charge >= 0.3 is 0 Å². The van der Waals surface area contributed by atoms with Crippen LogP contribution in [0.3, 0.4) is 0 Å². The Morgan fingerprint density at radius 2 is 2.33 bits per heavy atom. The van der Waals surface area contributed by atoms with Crippen LogP contribution in [-0.2, 0) is 24.1 Å². The van der Waals surface area contributed by atoms with Crippen LogP contribution < -0.4 is 5.32 Å². The first-order chi connectivity index (χ1) is 10.3. The molecule has 8 heteroatoms. The fourth-order valence-electron chi connectivity index (χ4n) is 2.27. The van der Waals surface area contributed by atoms with Crippen molar-refractivity contribution >= 4 is 29.0 Å². The van der Waals surface area contributed by atoms with Gasteiger partial charge in [-0.15, -0.1) is 11.3 Å². The van der Waals surface area contributed by atoms with E-state index in [9.17, 15) is 4.79 Å². The molecule has 2 heterocycles. The SMILES string of the molecule is O=C(CSc1ncn[nH]1)NCCc1nc2c(s1)CCCC2. The van der Waals surface area contributed by atoms with Crippen LogP contribution in [0.15, 0.2) is 11.5 Å². The van der Waals surface area contributed by atoms with Gasteiger partial charge in [-0.25, -0.2) is 9.97 Å². The van der Waals surface area contributed by atoms with E-state index in [0.29, 0.717) is 17.5 Å². The summed E-state index contributed by atoms with van der Waals surface area (Å²) in [6.45, 7) is 0.641. The standard InChI is InChI=1S/C13H17N5OS2/c19-11(7-20-13-15-8-16-18-13)14-6-5-12-17-9-3-1-2-4-10(9)21-12/h8H,1-7H2,(H,14,19)(H,15,16,18). The first kappa shape index (κ1) is 14.5. The van der Waals surface area contributed by atoms with E-state index < -0.39 is 0 Å². The molecule has 0 atom stereocenters. The minimum Gasteiger partial charge on any atom is -0.355 e. The van der Waals surface area contributed by atoms with Gasteiger partial charge < -0.3 is 5.32 Å². The maximum atomic E-state index is 11.7. The van der Waals surface area contributed by atoms with Crippen LogP contribution in [0.2, 0.25) is 0 Å². The monoisotopic (exact) mass is 323 g/mol. The molecular formula is C13H17N5OS2. The zero-order chi connectivity index (χ0) is 14.5. The van der Waals surface area contributed by atoms with E-state index in [2.05, 4.69) is 25.5 Å². The summed E-state index contributed by atoms with van der Waals surface area (Å²) in [6.07, 6.45) is 7.08. The number of carbonyl (C=O) groups excluding carboxylic acids is 1. The highest BCUT2D eigenvalue weighted by atomic mass is 32.2. The Labute approximate surface area is 131 Å². The summed E-state index contributed by atoms with van der Waals surface area (Å²) < 4.78 is 0. The molecule has 0 bridgehead atoms. The Hall–Kier alpha value is -1.41. The van der Waals surface area contributed by atoms with Crippen molar-refractivity contribution in [2.75, 3.05) is 12.3 Å². The average Bonchev–Trinajstić information content (AvgIpc) is 3.14. The number of rotatable bonds is 6. The Bertz CT molecular complexity index is 572. The quantitative estimate of drug-likeness (QED) is 0.789. The number of hydrogen-bond acceptors (Lipinski definition) is 6. The lowest BCUT2D eigenvalue weighted by Crippen LogP contribution is -2.27. The predicted molar refractivity (Wildman–Crippen MR) is 82.6 cm³/mol. The number of aromatic nitrogens is 4. The number of carbonyl (C=O) groups is 1. The van der Waals surface area contributed by atoms with Gasteiger partial charge in [-0.05, 0) is 25.7 Å². The molecule has 0 aliphatic heterocycles. The number of H-pyrrole nitrogens is 1. The molecular weight excluding hydrogens is 306 g/mol. The van der Waals surface area contributed by atoms with E-state index in [4.69, 9.17) is 0 Å². The fraction of sp³-hybridized carbons (Fsp3) is 0.538. The van der Waals surface area contributed by atoms with Crippen LogP contribution in [0, 0.1) is 0 Å². The van der Waals surface area contributed by atoms with Crippen molar-refractivity contribution in [2.45, 2.75) is 37.3 Å². The van der Waals surface area contributed by atoms with Crippen molar-refractivity contribution in [2.24, 2.45) is 0 Å². The Morgan fingerprint density at radius 3 is 3.14 bits per heavy atom. The van der Waals surface area contributed by atoms with Gasteiger partial charge in [0.15, 0.2) is 5.16 Å². The molecule has 1 amide bonds. The number of thiazole rings is 1. The number of hydrogen-bond donors (Lipinski definition) is 2. The molecule has 0 spiro atoms. The smallest absolute Gasteiger partial charge is 0.230 e. The van der Waals surface area contributed by atoms with E-state index >= 15 is 0 Å². The first-order valence-electron chi connectivity index (χ1n) is 7.03. The number of fused-ring (bicyclic) bond motifs is 1. The van der Waals surface area contributed by atoms with Crippen molar-refractivity contribution in [3.05, 3.63) is 21.9 Å². The van der Waals surface area contributed by atoms with Crippen LogP contribution in [0.4, 0.5) is 0 Å². The van der Waals surface area contributed by atoms with Gasteiger partial charge in [0.25, 0.3) is 0 Å². The summed E-state index contributed by atoms with van der Waals surface area (Å²) in [5.41, 5.74) is 1.29. The van der Waals surface area contributed by atoms with Gasteiger partial charge in [0.1, 0.15) is 6.33 Å². The van der Waals surface area contributed by atoms with Crippen LogP contribution in [0.1, 0.15) is 28.4 Å². The summed E-state index contributed by atoms with van der Waals surface area (Å²) >= 11 is 3.16. The van der Waals surface area contributed by atoms with Gasteiger partial charge in [0.2, 0.25) is 5.91 Å². The third-order valence-corrected chi connectivity index (χ3v) is 5.38. The largest absolute Gasteiger partial charge is 0.355 e. The minimum absolute atomic E-state index is 0.0118. The second-order valence-electron chi connectivity index (χ2n) is 4.86. The summed E-state index contributed by atoms with van der Waals surface area (Å²) in [5.74, 6) is 0.363. The predicted octanol–water partition coefficient (Wildman–Crippen LogP) is 1.59. The molecule has 2 aromatic rings. The molecule has 21 heavy (non-hydrogen) atoms. The van der Waals surface area contributed by atoms with E-state index in [1.165, 1.54) is 47.9 Å². The van der Waals surface area contributed by atoms with Crippen LogP contribution in [0.25, 0.3) is 0 Å². The zero-order valence-corrected chi connectivity index (χ0v) is 13.2. The van der Waals surface area contributed by atoms with Gasteiger partial charge in [-0.2, -0.15) is 5.10 Å². The minimum atomic E-state index is 0.0118. The molecule has 3 rings (SSSR count). The van der Waals surface area contributed by atoms with Gasteiger partial charge in [-0.1, -0.05) is 11.8 Å². The third kappa shape index (κ3) is 4.04.